The zero-order valence-electron chi connectivity index (χ0n) is 19.4. The third-order valence-electron chi connectivity index (χ3n) is 5.04. The Morgan fingerprint density at radius 1 is 0.882 bits per heavy atom. The molecule has 7 heteroatoms. The van der Waals surface area contributed by atoms with Crippen molar-refractivity contribution in [3.05, 3.63) is 90.0 Å². The minimum atomic E-state index is -0.226. The molecule has 7 nitrogen and oxygen atoms in total. The lowest BCUT2D eigenvalue weighted by molar-refractivity contribution is -0.114. The predicted molar refractivity (Wildman–Crippen MR) is 134 cm³/mol. The number of para-hydroxylation sites is 2. The van der Waals surface area contributed by atoms with Crippen molar-refractivity contribution in [2.24, 2.45) is 0 Å². The molecule has 3 aromatic carbocycles. The first-order valence-corrected chi connectivity index (χ1v) is 11.3. The summed E-state index contributed by atoms with van der Waals surface area (Å²) in [6.45, 7) is 1.50. The first kappa shape index (κ1) is 24.8. The Bertz CT molecular complexity index is 1060. The second-order valence-corrected chi connectivity index (χ2v) is 7.67. The van der Waals surface area contributed by atoms with Crippen LogP contribution >= 0.6 is 0 Å². The Hall–Kier alpha value is -3.84. The number of anilines is 2. The highest BCUT2D eigenvalue weighted by Gasteiger charge is 2.09. The van der Waals surface area contributed by atoms with Crippen molar-refractivity contribution < 1.29 is 19.1 Å². The van der Waals surface area contributed by atoms with E-state index in [-0.39, 0.29) is 18.4 Å². The van der Waals surface area contributed by atoms with Gasteiger partial charge in [0.15, 0.2) is 0 Å². The van der Waals surface area contributed by atoms with Crippen molar-refractivity contribution in [1.29, 1.82) is 0 Å². The van der Waals surface area contributed by atoms with Crippen LogP contribution in [-0.4, -0.2) is 45.2 Å². The minimum absolute atomic E-state index is 0.0641. The first-order valence-electron chi connectivity index (χ1n) is 11.3. The number of carbonyl (C=O) groups excluding carboxylic acids is 2. The molecule has 0 aliphatic rings. The van der Waals surface area contributed by atoms with Gasteiger partial charge >= 0.3 is 0 Å². The quantitative estimate of drug-likeness (QED) is 0.333. The number of carbonyl (C=O) groups is 2. The molecule has 0 fully saturated rings. The number of ether oxygens (including phenoxy) is 2. The Labute approximate surface area is 200 Å². The summed E-state index contributed by atoms with van der Waals surface area (Å²) >= 11 is 0. The highest BCUT2D eigenvalue weighted by molar-refractivity contribution is 5.98. The van der Waals surface area contributed by atoms with Crippen LogP contribution in [0.25, 0.3) is 0 Å². The number of aryl methyl sites for hydroxylation is 1. The van der Waals surface area contributed by atoms with E-state index in [1.165, 1.54) is 5.56 Å². The summed E-state index contributed by atoms with van der Waals surface area (Å²) in [4.78, 5) is 24.7. The van der Waals surface area contributed by atoms with E-state index in [0.717, 1.165) is 18.5 Å². The summed E-state index contributed by atoms with van der Waals surface area (Å²) in [7, 11) is 1.58. The fourth-order valence-electron chi connectivity index (χ4n) is 3.33. The van der Waals surface area contributed by atoms with Gasteiger partial charge in [-0.05, 0) is 48.7 Å². The second-order valence-electron chi connectivity index (χ2n) is 7.67. The summed E-state index contributed by atoms with van der Waals surface area (Å²) in [5, 5.41) is 8.71. The van der Waals surface area contributed by atoms with Crippen LogP contribution in [0.2, 0.25) is 0 Å². The highest BCUT2D eigenvalue weighted by atomic mass is 16.5. The maximum absolute atomic E-state index is 12.5. The molecule has 0 aromatic heterocycles. The number of nitrogens with one attached hydrogen (secondary N) is 3. The van der Waals surface area contributed by atoms with Gasteiger partial charge in [0.05, 0.1) is 25.4 Å². The average Bonchev–Trinajstić information content (AvgIpc) is 2.87. The van der Waals surface area contributed by atoms with E-state index >= 15 is 0 Å². The molecule has 3 N–H and O–H groups in total. The SMILES string of the molecule is COCCNC(=O)c1cccc(NC(=O)CNc2ccccc2OCCCc2ccccc2)c1. The maximum Gasteiger partial charge on any atom is 0.251 e. The lowest BCUT2D eigenvalue weighted by Crippen LogP contribution is -2.27. The van der Waals surface area contributed by atoms with Gasteiger partial charge in [-0.25, -0.2) is 0 Å². The second kappa shape index (κ2) is 13.6. The first-order chi connectivity index (χ1) is 16.7. The third-order valence-corrected chi connectivity index (χ3v) is 5.04. The summed E-state index contributed by atoms with van der Waals surface area (Å²) in [5.41, 5.74) is 3.06. The van der Waals surface area contributed by atoms with Gasteiger partial charge in [0, 0.05) is 24.9 Å². The van der Waals surface area contributed by atoms with E-state index in [2.05, 4.69) is 28.1 Å². The number of hydrogen-bond acceptors (Lipinski definition) is 5. The lowest BCUT2D eigenvalue weighted by Gasteiger charge is -2.13. The lowest BCUT2D eigenvalue weighted by atomic mass is 10.1. The van der Waals surface area contributed by atoms with Crippen LogP contribution < -0.4 is 20.7 Å². The molecule has 178 valence electrons. The molecular weight excluding hydrogens is 430 g/mol. The zero-order valence-corrected chi connectivity index (χ0v) is 19.4. The molecule has 0 saturated heterocycles. The minimum Gasteiger partial charge on any atom is -0.491 e. The van der Waals surface area contributed by atoms with E-state index in [1.807, 2.05) is 42.5 Å². The summed E-state index contributed by atoms with van der Waals surface area (Å²) < 4.78 is 10.9. The summed E-state index contributed by atoms with van der Waals surface area (Å²) in [6, 6.07) is 24.7. The fourth-order valence-corrected chi connectivity index (χ4v) is 3.33. The Balaban J connectivity index is 1.46. The molecule has 2 amide bonds. The van der Waals surface area contributed by atoms with Crippen LogP contribution in [0.4, 0.5) is 11.4 Å². The normalized spacial score (nSPS) is 10.4. The average molecular weight is 462 g/mol. The molecule has 0 unspecified atom stereocenters. The van der Waals surface area contributed by atoms with Crippen LogP contribution in [0, 0.1) is 0 Å². The fraction of sp³-hybridized carbons (Fsp3) is 0.259. The molecule has 0 aliphatic carbocycles. The number of hydrogen-bond donors (Lipinski definition) is 3. The summed E-state index contributed by atoms with van der Waals surface area (Å²) in [6.07, 6.45) is 1.84. The molecule has 0 atom stereocenters. The van der Waals surface area contributed by atoms with Crippen molar-refractivity contribution in [2.75, 3.05) is 44.0 Å². The zero-order chi connectivity index (χ0) is 24.0. The van der Waals surface area contributed by atoms with Crippen molar-refractivity contribution in [2.45, 2.75) is 12.8 Å². The molecule has 34 heavy (non-hydrogen) atoms. The molecule has 3 aromatic rings. The number of methoxy groups -OCH3 is 1. The maximum atomic E-state index is 12.5. The highest BCUT2D eigenvalue weighted by Crippen LogP contribution is 2.24. The van der Waals surface area contributed by atoms with Crippen molar-refractivity contribution in [3.8, 4) is 5.75 Å². The van der Waals surface area contributed by atoms with Gasteiger partial charge in [0.25, 0.3) is 5.91 Å². The Kier molecular flexibility index (Phi) is 9.95. The molecule has 0 bridgehead atoms. The number of rotatable bonds is 13. The van der Waals surface area contributed by atoms with Gasteiger partial charge < -0.3 is 25.4 Å². The molecule has 0 aliphatic heterocycles. The third kappa shape index (κ3) is 8.26. The van der Waals surface area contributed by atoms with E-state index in [0.29, 0.717) is 36.8 Å². The van der Waals surface area contributed by atoms with E-state index in [1.54, 1.807) is 31.4 Å². The Morgan fingerprint density at radius 3 is 2.50 bits per heavy atom. The van der Waals surface area contributed by atoms with Gasteiger partial charge in [-0.1, -0.05) is 48.5 Å². The van der Waals surface area contributed by atoms with Crippen LogP contribution in [0.1, 0.15) is 22.3 Å². The summed E-state index contributed by atoms with van der Waals surface area (Å²) in [5.74, 6) is 0.263. The molecule has 3 rings (SSSR count). The van der Waals surface area contributed by atoms with E-state index in [4.69, 9.17) is 9.47 Å². The van der Waals surface area contributed by atoms with Crippen molar-refractivity contribution in [3.63, 3.8) is 0 Å². The smallest absolute Gasteiger partial charge is 0.251 e. The van der Waals surface area contributed by atoms with E-state index < -0.39 is 0 Å². The molecule has 0 spiro atoms. The predicted octanol–water partition coefficient (Wildman–Crippen LogP) is 4.13. The molecule has 0 radical (unpaired) electrons. The van der Waals surface area contributed by atoms with Gasteiger partial charge in [0.2, 0.25) is 5.91 Å². The topological polar surface area (TPSA) is 88.7 Å². The van der Waals surface area contributed by atoms with Crippen LogP contribution in [0.3, 0.4) is 0 Å². The van der Waals surface area contributed by atoms with Crippen molar-refractivity contribution in [1.82, 2.24) is 5.32 Å². The van der Waals surface area contributed by atoms with Crippen LogP contribution in [0.5, 0.6) is 5.75 Å². The Morgan fingerprint density at radius 2 is 1.68 bits per heavy atom. The van der Waals surface area contributed by atoms with Gasteiger partial charge in [-0.15, -0.1) is 0 Å². The van der Waals surface area contributed by atoms with Crippen molar-refractivity contribution >= 4 is 23.2 Å². The molecule has 0 saturated carbocycles. The van der Waals surface area contributed by atoms with Gasteiger partial charge in [-0.2, -0.15) is 0 Å². The molecular formula is C27H31N3O4. The van der Waals surface area contributed by atoms with Crippen LogP contribution in [-0.2, 0) is 16.0 Å². The standard InChI is InChI=1S/C27H31N3O4/c1-33-18-16-28-27(32)22-12-7-13-23(19-22)30-26(31)20-29-24-14-5-6-15-25(24)34-17-8-11-21-9-3-2-4-10-21/h2-7,9-10,12-15,19,29H,8,11,16-18,20H2,1H3,(H,28,32)(H,30,31). The number of amides is 2. The van der Waals surface area contributed by atoms with Gasteiger partial charge in [0.1, 0.15) is 5.75 Å². The molecule has 0 heterocycles. The van der Waals surface area contributed by atoms with Gasteiger partial charge in [-0.3, -0.25) is 9.59 Å². The van der Waals surface area contributed by atoms with Crippen LogP contribution in [0.15, 0.2) is 78.9 Å². The van der Waals surface area contributed by atoms with E-state index in [9.17, 15) is 9.59 Å². The number of benzene rings is 3. The largest absolute Gasteiger partial charge is 0.491 e. The monoisotopic (exact) mass is 461 g/mol.